The second-order valence-electron chi connectivity index (χ2n) is 9.06. The fourth-order valence-electron chi connectivity index (χ4n) is 5.13. The van der Waals surface area contributed by atoms with Gasteiger partial charge >= 0.3 is 0 Å². The van der Waals surface area contributed by atoms with Gasteiger partial charge in [-0.1, -0.05) is 26.0 Å². The van der Waals surface area contributed by atoms with Crippen LogP contribution in [0.15, 0.2) is 42.7 Å². The Morgan fingerprint density at radius 2 is 1.86 bits per heavy atom. The highest BCUT2D eigenvalue weighted by atomic mass is 16.2. The number of H-pyrrole nitrogens is 1. The van der Waals surface area contributed by atoms with Crippen LogP contribution in [0.1, 0.15) is 46.7 Å². The van der Waals surface area contributed by atoms with Gasteiger partial charge in [-0.15, -0.1) is 0 Å². The summed E-state index contributed by atoms with van der Waals surface area (Å²) >= 11 is 0. The van der Waals surface area contributed by atoms with Gasteiger partial charge in [-0.25, -0.2) is 0 Å². The van der Waals surface area contributed by atoms with Gasteiger partial charge in [0.25, 0.3) is 11.8 Å². The van der Waals surface area contributed by atoms with E-state index >= 15 is 0 Å². The summed E-state index contributed by atoms with van der Waals surface area (Å²) < 4.78 is 0. The molecule has 2 aromatic heterocycles. The van der Waals surface area contributed by atoms with E-state index in [1.54, 1.807) is 12.4 Å². The number of nitrogens with one attached hydrogen (secondary N) is 2. The summed E-state index contributed by atoms with van der Waals surface area (Å²) in [6, 6.07) is 9.77. The van der Waals surface area contributed by atoms with E-state index in [9.17, 15) is 9.59 Å². The SMILES string of the molecule is CCN(CC)CCN1CCc2[nH]c(C=C3C(=O)Nc4cccc(-c5ccncc5)c43)c(C)c2C1=O. The lowest BCUT2D eigenvalue weighted by atomic mass is 9.94. The largest absolute Gasteiger partial charge is 0.358 e. The Kier molecular flexibility index (Phi) is 6.26. The first-order chi connectivity index (χ1) is 17.0. The second-order valence-corrected chi connectivity index (χ2v) is 9.06. The average molecular weight is 470 g/mol. The quantitative estimate of drug-likeness (QED) is 0.508. The van der Waals surface area contributed by atoms with Crippen LogP contribution in [0.5, 0.6) is 0 Å². The summed E-state index contributed by atoms with van der Waals surface area (Å²) in [4.78, 5) is 38.2. The van der Waals surface area contributed by atoms with Crippen LogP contribution in [-0.4, -0.2) is 64.3 Å². The van der Waals surface area contributed by atoms with E-state index in [1.807, 2.05) is 48.2 Å². The maximum absolute atomic E-state index is 13.4. The van der Waals surface area contributed by atoms with Crippen LogP contribution in [0.25, 0.3) is 22.8 Å². The number of likely N-dealkylation sites (N-methyl/N-ethyl adjacent to an activating group) is 1. The van der Waals surface area contributed by atoms with Crippen LogP contribution in [-0.2, 0) is 11.2 Å². The molecule has 0 radical (unpaired) electrons. The van der Waals surface area contributed by atoms with E-state index in [-0.39, 0.29) is 11.8 Å². The lowest BCUT2D eigenvalue weighted by Gasteiger charge is -2.29. The van der Waals surface area contributed by atoms with Crippen LogP contribution in [0.4, 0.5) is 5.69 Å². The van der Waals surface area contributed by atoms with Gasteiger partial charge in [0.05, 0.1) is 11.1 Å². The molecule has 3 aromatic rings. The number of rotatable bonds is 7. The summed E-state index contributed by atoms with van der Waals surface area (Å²) in [6.45, 7) is 10.5. The van der Waals surface area contributed by atoms with Crippen molar-refractivity contribution in [2.75, 3.05) is 38.0 Å². The third kappa shape index (κ3) is 4.17. The summed E-state index contributed by atoms with van der Waals surface area (Å²) in [5, 5.41) is 3.00. The Balaban J connectivity index is 1.49. The number of fused-ring (bicyclic) bond motifs is 2. The number of hydrogen-bond acceptors (Lipinski definition) is 4. The molecule has 0 bridgehead atoms. The van der Waals surface area contributed by atoms with Gasteiger partial charge in [-0.05, 0) is 61.0 Å². The Morgan fingerprint density at radius 1 is 1.09 bits per heavy atom. The predicted molar refractivity (Wildman–Crippen MR) is 139 cm³/mol. The number of aromatic nitrogens is 2. The number of amides is 2. The number of carbonyl (C=O) groups excluding carboxylic acids is 2. The van der Waals surface area contributed by atoms with Crippen molar-refractivity contribution in [3.63, 3.8) is 0 Å². The molecule has 0 saturated heterocycles. The van der Waals surface area contributed by atoms with Crippen LogP contribution in [0, 0.1) is 6.92 Å². The zero-order chi connectivity index (χ0) is 24.5. The van der Waals surface area contributed by atoms with Crippen molar-refractivity contribution in [2.24, 2.45) is 0 Å². The molecule has 7 nitrogen and oxygen atoms in total. The number of carbonyl (C=O) groups is 2. The monoisotopic (exact) mass is 469 g/mol. The summed E-state index contributed by atoms with van der Waals surface area (Å²) in [6.07, 6.45) is 6.19. The Bertz CT molecular complexity index is 1300. The molecule has 0 unspecified atom stereocenters. The van der Waals surface area contributed by atoms with Gasteiger partial charge < -0.3 is 20.1 Å². The van der Waals surface area contributed by atoms with Crippen molar-refractivity contribution < 1.29 is 9.59 Å². The van der Waals surface area contributed by atoms with Gasteiger partial charge in [0.2, 0.25) is 0 Å². The molecule has 2 amide bonds. The molecular weight excluding hydrogens is 438 g/mol. The number of pyridine rings is 1. The molecule has 4 heterocycles. The maximum atomic E-state index is 13.4. The molecule has 0 fully saturated rings. The minimum Gasteiger partial charge on any atom is -0.358 e. The van der Waals surface area contributed by atoms with E-state index < -0.39 is 0 Å². The second kappa shape index (κ2) is 9.50. The topological polar surface area (TPSA) is 81.3 Å². The molecule has 0 atom stereocenters. The smallest absolute Gasteiger partial charge is 0.256 e. The number of nitrogens with zero attached hydrogens (tertiary/aromatic N) is 3. The molecule has 2 N–H and O–H groups in total. The van der Waals surface area contributed by atoms with E-state index in [0.717, 1.165) is 77.5 Å². The average Bonchev–Trinajstić information content (AvgIpc) is 3.37. The molecule has 1 aromatic carbocycles. The van der Waals surface area contributed by atoms with E-state index in [0.29, 0.717) is 12.1 Å². The fraction of sp³-hybridized carbons (Fsp3) is 0.321. The zero-order valence-corrected chi connectivity index (χ0v) is 20.5. The molecule has 0 saturated carbocycles. The fourth-order valence-corrected chi connectivity index (χ4v) is 5.13. The molecule has 180 valence electrons. The highest BCUT2D eigenvalue weighted by Crippen LogP contribution is 2.40. The molecular formula is C28H31N5O2. The van der Waals surface area contributed by atoms with E-state index in [2.05, 4.69) is 34.0 Å². The first kappa shape index (κ1) is 23.1. The van der Waals surface area contributed by atoms with Gasteiger partial charge in [-0.2, -0.15) is 0 Å². The molecule has 2 aliphatic rings. The van der Waals surface area contributed by atoms with Crippen molar-refractivity contribution in [3.8, 4) is 11.1 Å². The highest BCUT2D eigenvalue weighted by molar-refractivity contribution is 6.36. The number of hydrogen-bond donors (Lipinski definition) is 2. The number of benzene rings is 1. The third-order valence-electron chi connectivity index (χ3n) is 7.19. The maximum Gasteiger partial charge on any atom is 0.256 e. The number of aromatic amines is 1. The van der Waals surface area contributed by atoms with Gasteiger partial charge in [0.1, 0.15) is 0 Å². The lowest BCUT2D eigenvalue weighted by Crippen LogP contribution is -2.42. The zero-order valence-electron chi connectivity index (χ0n) is 20.5. The predicted octanol–water partition coefficient (Wildman–Crippen LogP) is 4.22. The molecule has 0 aliphatic carbocycles. The molecule has 0 spiro atoms. The summed E-state index contributed by atoms with van der Waals surface area (Å²) in [7, 11) is 0. The van der Waals surface area contributed by atoms with Crippen LogP contribution >= 0.6 is 0 Å². The van der Waals surface area contributed by atoms with Crippen molar-refractivity contribution in [1.29, 1.82) is 0 Å². The first-order valence-corrected chi connectivity index (χ1v) is 12.3. The minimum absolute atomic E-state index is 0.0746. The van der Waals surface area contributed by atoms with Crippen LogP contribution in [0.3, 0.4) is 0 Å². The molecule has 7 heteroatoms. The van der Waals surface area contributed by atoms with Gasteiger partial charge in [0.15, 0.2) is 0 Å². The first-order valence-electron chi connectivity index (χ1n) is 12.3. The van der Waals surface area contributed by atoms with Crippen molar-refractivity contribution in [2.45, 2.75) is 27.2 Å². The lowest BCUT2D eigenvalue weighted by molar-refractivity contribution is -0.110. The van der Waals surface area contributed by atoms with Crippen molar-refractivity contribution in [3.05, 3.63) is 70.8 Å². The van der Waals surface area contributed by atoms with Crippen molar-refractivity contribution >= 4 is 29.2 Å². The van der Waals surface area contributed by atoms with Crippen molar-refractivity contribution in [1.82, 2.24) is 19.8 Å². The summed E-state index contributed by atoms with van der Waals surface area (Å²) in [5.74, 6) is -0.0637. The molecule has 35 heavy (non-hydrogen) atoms. The minimum atomic E-state index is -0.138. The summed E-state index contributed by atoms with van der Waals surface area (Å²) in [5.41, 5.74) is 7.67. The normalized spacial score (nSPS) is 16.1. The van der Waals surface area contributed by atoms with Crippen LogP contribution < -0.4 is 5.32 Å². The van der Waals surface area contributed by atoms with Crippen LogP contribution in [0.2, 0.25) is 0 Å². The number of anilines is 1. The Labute approximate surface area is 205 Å². The molecule has 2 aliphatic heterocycles. The Morgan fingerprint density at radius 3 is 2.60 bits per heavy atom. The van der Waals surface area contributed by atoms with Gasteiger partial charge in [0, 0.05) is 61.1 Å². The molecule has 5 rings (SSSR count). The third-order valence-corrected chi connectivity index (χ3v) is 7.19. The van der Waals surface area contributed by atoms with E-state index in [4.69, 9.17) is 0 Å². The highest BCUT2D eigenvalue weighted by Gasteiger charge is 2.31. The van der Waals surface area contributed by atoms with E-state index in [1.165, 1.54) is 0 Å². The standard InChI is InChI=1S/C28H31N5O2/c1-4-32(5-2)15-16-33-14-11-23-25(28(33)35)18(3)24(30-23)17-21-26-20(19-9-12-29-13-10-19)7-6-8-22(26)31-27(21)34/h6-10,12-13,17,30H,4-5,11,14-16H2,1-3H3,(H,31,34). The van der Waals surface area contributed by atoms with Gasteiger partial charge in [-0.3, -0.25) is 14.6 Å². The Hall–Kier alpha value is -3.71.